The summed E-state index contributed by atoms with van der Waals surface area (Å²) in [7, 11) is 0. The molecule has 4 nitrogen and oxygen atoms in total. The first kappa shape index (κ1) is 16.8. The maximum Gasteiger partial charge on any atom is 0.237 e. The number of anilines is 1. The molecule has 1 saturated heterocycles. The summed E-state index contributed by atoms with van der Waals surface area (Å²) in [5, 5.41) is 2.99. The van der Waals surface area contributed by atoms with Crippen LogP contribution >= 0.6 is 0 Å². The van der Waals surface area contributed by atoms with E-state index in [1.807, 2.05) is 6.92 Å². The molecule has 4 heteroatoms. The van der Waals surface area contributed by atoms with E-state index in [9.17, 15) is 4.79 Å². The van der Waals surface area contributed by atoms with E-state index in [0.29, 0.717) is 0 Å². The molecule has 1 aliphatic heterocycles. The van der Waals surface area contributed by atoms with E-state index < -0.39 is 0 Å². The smallest absolute Gasteiger partial charge is 0.237 e. The Labute approximate surface area is 134 Å². The average Bonchev–Trinajstić information content (AvgIpc) is 2.54. The molecule has 1 aromatic rings. The normalized spacial score (nSPS) is 17.4. The third-order valence-corrected chi connectivity index (χ3v) is 4.71. The lowest BCUT2D eigenvalue weighted by Gasteiger charge is -2.39. The van der Waals surface area contributed by atoms with E-state index >= 15 is 0 Å². The minimum atomic E-state index is -0.0349. The van der Waals surface area contributed by atoms with Crippen molar-refractivity contribution in [2.24, 2.45) is 0 Å². The van der Waals surface area contributed by atoms with Gasteiger partial charge in [-0.2, -0.15) is 0 Å². The number of amides is 1. The maximum atomic E-state index is 12.1. The molecular formula is C18H29N3O. The standard InChI is InChI=1S/C18H29N3O/c1-5-9-19-18(22)16(4)20-10-12-21(13-11-20)17-8-6-7-14(2)15(17)3/h6-8,16H,5,9-13H2,1-4H3,(H,19,22)/t16-/m0/s1. The van der Waals surface area contributed by atoms with Crippen LogP contribution in [0.2, 0.25) is 0 Å². The van der Waals surface area contributed by atoms with Gasteiger partial charge in [0.05, 0.1) is 6.04 Å². The second-order valence-corrected chi connectivity index (χ2v) is 6.21. The summed E-state index contributed by atoms with van der Waals surface area (Å²) in [5.41, 5.74) is 4.04. The molecule has 122 valence electrons. The fraction of sp³-hybridized carbons (Fsp3) is 0.611. The first-order valence-corrected chi connectivity index (χ1v) is 8.37. The van der Waals surface area contributed by atoms with Crippen molar-refractivity contribution in [2.45, 2.75) is 40.2 Å². The van der Waals surface area contributed by atoms with Crippen LogP contribution in [0.4, 0.5) is 5.69 Å². The van der Waals surface area contributed by atoms with E-state index in [-0.39, 0.29) is 11.9 Å². The van der Waals surface area contributed by atoms with Crippen LogP contribution in [-0.4, -0.2) is 49.6 Å². The summed E-state index contributed by atoms with van der Waals surface area (Å²) >= 11 is 0. The zero-order valence-corrected chi connectivity index (χ0v) is 14.4. The second-order valence-electron chi connectivity index (χ2n) is 6.21. The van der Waals surface area contributed by atoms with Crippen molar-refractivity contribution in [2.75, 3.05) is 37.6 Å². The van der Waals surface area contributed by atoms with Crippen LogP contribution in [0, 0.1) is 13.8 Å². The van der Waals surface area contributed by atoms with Gasteiger partial charge in [-0.25, -0.2) is 0 Å². The summed E-state index contributed by atoms with van der Waals surface area (Å²) in [5.74, 6) is 0.155. The number of rotatable bonds is 5. The number of carbonyl (C=O) groups is 1. The number of piperazine rings is 1. The molecule has 1 heterocycles. The lowest BCUT2D eigenvalue weighted by atomic mass is 10.1. The van der Waals surface area contributed by atoms with Gasteiger partial charge in [0.2, 0.25) is 5.91 Å². The fourth-order valence-electron chi connectivity index (χ4n) is 2.99. The van der Waals surface area contributed by atoms with E-state index in [0.717, 1.165) is 39.1 Å². The van der Waals surface area contributed by atoms with Crippen molar-refractivity contribution >= 4 is 11.6 Å². The zero-order valence-electron chi connectivity index (χ0n) is 14.4. The van der Waals surface area contributed by atoms with Gasteiger partial charge in [-0.05, 0) is 44.4 Å². The van der Waals surface area contributed by atoms with Gasteiger partial charge in [-0.1, -0.05) is 19.1 Å². The second kappa shape index (κ2) is 7.63. The molecule has 1 aliphatic rings. The number of nitrogens with zero attached hydrogens (tertiary/aromatic N) is 2. The number of hydrogen-bond donors (Lipinski definition) is 1. The lowest BCUT2D eigenvalue weighted by molar-refractivity contribution is -0.126. The summed E-state index contributed by atoms with van der Waals surface area (Å²) in [4.78, 5) is 16.8. The Balaban J connectivity index is 1.93. The molecule has 0 spiro atoms. The Hall–Kier alpha value is -1.55. The molecule has 0 unspecified atom stereocenters. The molecule has 0 saturated carbocycles. The molecule has 1 atom stereocenters. The van der Waals surface area contributed by atoms with E-state index in [1.165, 1.54) is 16.8 Å². The monoisotopic (exact) mass is 303 g/mol. The molecule has 2 rings (SSSR count). The first-order chi connectivity index (χ1) is 10.5. The predicted molar refractivity (Wildman–Crippen MR) is 92.5 cm³/mol. The topological polar surface area (TPSA) is 35.6 Å². The van der Waals surface area contributed by atoms with Crippen LogP contribution in [-0.2, 0) is 4.79 Å². The van der Waals surface area contributed by atoms with Crippen LogP contribution in [0.25, 0.3) is 0 Å². The van der Waals surface area contributed by atoms with Crippen molar-refractivity contribution in [3.05, 3.63) is 29.3 Å². The highest BCUT2D eigenvalue weighted by atomic mass is 16.2. The van der Waals surface area contributed by atoms with Gasteiger partial charge in [0.25, 0.3) is 0 Å². The number of carbonyl (C=O) groups excluding carboxylic acids is 1. The van der Waals surface area contributed by atoms with Crippen LogP contribution in [0.1, 0.15) is 31.4 Å². The van der Waals surface area contributed by atoms with Crippen molar-refractivity contribution in [1.29, 1.82) is 0 Å². The molecule has 1 fully saturated rings. The van der Waals surface area contributed by atoms with E-state index in [4.69, 9.17) is 0 Å². The largest absolute Gasteiger partial charge is 0.369 e. The van der Waals surface area contributed by atoms with E-state index in [1.54, 1.807) is 0 Å². The third kappa shape index (κ3) is 3.80. The Morgan fingerprint density at radius 2 is 1.91 bits per heavy atom. The Morgan fingerprint density at radius 3 is 2.55 bits per heavy atom. The SMILES string of the molecule is CCCNC(=O)[C@H](C)N1CCN(c2cccc(C)c2C)CC1. The van der Waals surface area contributed by atoms with Crippen molar-refractivity contribution in [1.82, 2.24) is 10.2 Å². The minimum Gasteiger partial charge on any atom is -0.369 e. The Morgan fingerprint density at radius 1 is 1.23 bits per heavy atom. The van der Waals surface area contributed by atoms with Crippen LogP contribution in [0.5, 0.6) is 0 Å². The fourth-order valence-corrected chi connectivity index (χ4v) is 2.99. The van der Waals surface area contributed by atoms with Gasteiger partial charge in [-0.15, -0.1) is 0 Å². The lowest BCUT2D eigenvalue weighted by Crippen LogP contribution is -2.54. The predicted octanol–water partition coefficient (Wildman–Crippen LogP) is 2.34. The molecule has 0 aliphatic carbocycles. The van der Waals surface area contributed by atoms with Gasteiger partial charge < -0.3 is 10.2 Å². The number of nitrogens with one attached hydrogen (secondary N) is 1. The van der Waals surface area contributed by atoms with Crippen molar-refractivity contribution in [3.8, 4) is 0 Å². The summed E-state index contributed by atoms with van der Waals surface area (Å²) in [6, 6.07) is 6.46. The summed E-state index contributed by atoms with van der Waals surface area (Å²) < 4.78 is 0. The van der Waals surface area contributed by atoms with Crippen LogP contribution in [0.15, 0.2) is 18.2 Å². The molecule has 0 aromatic heterocycles. The molecule has 1 N–H and O–H groups in total. The summed E-state index contributed by atoms with van der Waals surface area (Å²) in [6.07, 6.45) is 0.985. The molecule has 1 amide bonds. The van der Waals surface area contributed by atoms with Crippen LogP contribution in [0.3, 0.4) is 0 Å². The average molecular weight is 303 g/mol. The number of benzene rings is 1. The zero-order chi connectivity index (χ0) is 16.1. The van der Waals surface area contributed by atoms with E-state index in [2.05, 4.69) is 54.1 Å². The third-order valence-electron chi connectivity index (χ3n) is 4.71. The van der Waals surface area contributed by atoms with Gasteiger partial charge >= 0.3 is 0 Å². The maximum absolute atomic E-state index is 12.1. The van der Waals surface area contributed by atoms with Crippen molar-refractivity contribution in [3.63, 3.8) is 0 Å². The van der Waals surface area contributed by atoms with Gasteiger partial charge in [0.1, 0.15) is 0 Å². The molecule has 0 bridgehead atoms. The van der Waals surface area contributed by atoms with Gasteiger partial charge in [0, 0.05) is 38.4 Å². The first-order valence-electron chi connectivity index (χ1n) is 8.37. The van der Waals surface area contributed by atoms with Crippen molar-refractivity contribution < 1.29 is 4.79 Å². The highest BCUT2D eigenvalue weighted by Crippen LogP contribution is 2.24. The molecule has 22 heavy (non-hydrogen) atoms. The van der Waals surface area contributed by atoms with Crippen LogP contribution < -0.4 is 10.2 Å². The quantitative estimate of drug-likeness (QED) is 0.907. The Bertz CT molecular complexity index is 507. The molecule has 1 aromatic carbocycles. The molecular weight excluding hydrogens is 274 g/mol. The highest BCUT2D eigenvalue weighted by molar-refractivity contribution is 5.81. The van der Waals surface area contributed by atoms with Gasteiger partial charge in [0.15, 0.2) is 0 Å². The highest BCUT2D eigenvalue weighted by Gasteiger charge is 2.25. The number of aryl methyl sites for hydroxylation is 1. The minimum absolute atomic E-state index is 0.0349. The molecule has 0 radical (unpaired) electrons. The number of hydrogen-bond acceptors (Lipinski definition) is 3. The Kier molecular flexibility index (Phi) is 5.83. The van der Waals surface area contributed by atoms with Gasteiger partial charge in [-0.3, -0.25) is 9.69 Å². The summed E-state index contributed by atoms with van der Waals surface area (Å²) in [6.45, 7) is 13.1.